The Morgan fingerprint density at radius 1 is 1.32 bits per heavy atom. The van der Waals surface area contributed by atoms with Gasteiger partial charge in [-0.25, -0.2) is 0 Å². The van der Waals surface area contributed by atoms with E-state index in [-0.39, 0.29) is 30.5 Å². The van der Waals surface area contributed by atoms with Crippen molar-refractivity contribution < 1.29 is 9.18 Å². The number of anilines is 2. The Balaban J connectivity index is 0.00000242. The number of halogens is 1. The predicted molar refractivity (Wildman–Crippen MR) is 86.5 cm³/mol. The number of hydrogen-bond acceptors (Lipinski definition) is 6. The molecule has 0 aromatic carbocycles. The van der Waals surface area contributed by atoms with E-state index in [1.807, 2.05) is 6.92 Å². The molecule has 0 spiro atoms. The molecule has 2 aromatic rings. The average molecular weight is 325 g/mol. The highest BCUT2D eigenvalue weighted by Gasteiger charge is 2.14. The van der Waals surface area contributed by atoms with Gasteiger partial charge in [0.05, 0.1) is 6.04 Å². The average Bonchev–Trinajstić information content (AvgIpc) is 2.81. The topological polar surface area (TPSA) is 79.8 Å². The standard InChI is InChI=1S/C13H16FN5OS.CH4/c1-4-9(10-5-6-11(14)21-10)18-13-16-7(2)15-12(19-13)17-8(3)20;/h5-6,9H,4H2,1-3H3,(H2,15,16,17,18,19,20);1H4. The molecule has 2 N–H and O–H groups in total. The molecule has 6 nitrogen and oxygen atoms in total. The zero-order valence-corrected chi connectivity index (χ0v) is 12.8. The van der Waals surface area contributed by atoms with E-state index in [0.717, 1.165) is 22.6 Å². The second-order valence-electron chi connectivity index (χ2n) is 4.46. The number of rotatable bonds is 5. The third kappa shape index (κ3) is 4.73. The van der Waals surface area contributed by atoms with Gasteiger partial charge in [-0.1, -0.05) is 14.4 Å². The molecule has 1 atom stereocenters. The van der Waals surface area contributed by atoms with E-state index in [0.29, 0.717) is 11.8 Å². The van der Waals surface area contributed by atoms with Crippen LogP contribution in [0.3, 0.4) is 0 Å². The van der Waals surface area contributed by atoms with Gasteiger partial charge < -0.3 is 5.32 Å². The number of hydrogen-bond donors (Lipinski definition) is 2. The number of aromatic nitrogens is 3. The summed E-state index contributed by atoms with van der Waals surface area (Å²) in [5.41, 5.74) is 0. The molecule has 8 heteroatoms. The van der Waals surface area contributed by atoms with Crippen molar-refractivity contribution in [1.29, 1.82) is 0 Å². The van der Waals surface area contributed by atoms with Crippen LogP contribution in [0.4, 0.5) is 16.3 Å². The Bertz CT molecular complexity index is 646. The molecule has 1 unspecified atom stereocenters. The fraction of sp³-hybridized carbons (Fsp3) is 0.429. The van der Waals surface area contributed by atoms with Crippen LogP contribution >= 0.6 is 11.3 Å². The zero-order chi connectivity index (χ0) is 15.4. The Morgan fingerprint density at radius 2 is 2.00 bits per heavy atom. The molecule has 2 rings (SSSR count). The molecule has 0 saturated heterocycles. The Hall–Kier alpha value is -2.09. The van der Waals surface area contributed by atoms with Gasteiger partial charge in [-0.2, -0.15) is 19.3 Å². The molecular weight excluding hydrogens is 305 g/mol. The van der Waals surface area contributed by atoms with Crippen LogP contribution in [0.25, 0.3) is 0 Å². The molecule has 0 fully saturated rings. The van der Waals surface area contributed by atoms with Crippen molar-refractivity contribution in [3.8, 4) is 0 Å². The van der Waals surface area contributed by atoms with Gasteiger partial charge in [-0.05, 0) is 25.5 Å². The van der Waals surface area contributed by atoms with Crippen molar-refractivity contribution in [2.45, 2.75) is 40.7 Å². The molecule has 0 aliphatic heterocycles. The van der Waals surface area contributed by atoms with Gasteiger partial charge in [0.15, 0.2) is 5.13 Å². The summed E-state index contributed by atoms with van der Waals surface area (Å²) in [4.78, 5) is 24.3. The maximum Gasteiger partial charge on any atom is 0.234 e. The number of carbonyl (C=O) groups is 1. The normalized spacial score (nSPS) is 11.5. The third-order valence-electron chi connectivity index (χ3n) is 2.68. The van der Waals surface area contributed by atoms with E-state index in [1.54, 1.807) is 13.0 Å². The van der Waals surface area contributed by atoms with Gasteiger partial charge in [-0.15, -0.1) is 11.3 Å². The van der Waals surface area contributed by atoms with E-state index in [4.69, 9.17) is 0 Å². The first-order chi connectivity index (χ1) is 9.97. The van der Waals surface area contributed by atoms with Crippen LogP contribution in [-0.2, 0) is 4.79 Å². The van der Waals surface area contributed by atoms with Gasteiger partial charge in [0.25, 0.3) is 0 Å². The minimum Gasteiger partial charge on any atom is -0.346 e. The highest BCUT2D eigenvalue weighted by Crippen LogP contribution is 2.27. The second kappa shape index (κ2) is 7.79. The molecule has 0 aliphatic carbocycles. The number of aryl methyl sites for hydroxylation is 1. The summed E-state index contributed by atoms with van der Waals surface area (Å²) >= 11 is 1.09. The van der Waals surface area contributed by atoms with Crippen LogP contribution in [-0.4, -0.2) is 20.9 Å². The van der Waals surface area contributed by atoms with Gasteiger partial charge in [0.2, 0.25) is 17.8 Å². The molecule has 0 aliphatic rings. The molecule has 0 bridgehead atoms. The highest BCUT2D eigenvalue weighted by atomic mass is 32.1. The van der Waals surface area contributed by atoms with Gasteiger partial charge >= 0.3 is 0 Å². The first kappa shape index (κ1) is 18.0. The SMILES string of the molecule is C.CCC(Nc1nc(C)nc(NC(C)=O)n1)c1ccc(F)s1. The van der Waals surface area contributed by atoms with E-state index < -0.39 is 0 Å². The Kier molecular flexibility index (Phi) is 6.36. The van der Waals surface area contributed by atoms with Crippen LogP contribution in [0.1, 0.15) is 44.4 Å². The number of amides is 1. The quantitative estimate of drug-likeness (QED) is 0.879. The molecule has 2 aromatic heterocycles. The first-order valence-electron chi connectivity index (χ1n) is 6.50. The van der Waals surface area contributed by atoms with E-state index in [9.17, 15) is 9.18 Å². The largest absolute Gasteiger partial charge is 0.346 e. The molecule has 2 heterocycles. The third-order valence-corrected chi connectivity index (χ3v) is 3.67. The van der Waals surface area contributed by atoms with Gasteiger partial charge in [0.1, 0.15) is 5.82 Å². The molecule has 0 radical (unpaired) electrons. The molecule has 120 valence electrons. The number of thiophene rings is 1. The smallest absolute Gasteiger partial charge is 0.234 e. The van der Waals surface area contributed by atoms with Crippen LogP contribution in [0.2, 0.25) is 0 Å². The molecule has 1 amide bonds. The lowest BCUT2D eigenvalue weighted by atomic mass is 10.2. The van der Waals surface area contributed by atoms with Crippen molar-refractivity contribution in [2.24, 2.45) is 0 Å². The summed E-state index contributed by atoms with van der Waals surface area (Å²) in [6.07, 6.45) is 0.750. The van der Waals surface area contributed by atoms with Crippen molar-refractivity contribution in [2.75, 3.05) is 10.6 Å². The lowest BCUT2D eigenvalue weighted by Crippen LogP contribution is -2.15. The van der Waals surface area contributed by atoms with Crippen molar-refractivity contribution in [3.05, 3.63) is 28.0 Å². The van der Waals surface area contributed by atoms with E-state index in [2.05, 4.69) is 25.6 Å². The molecule has 0 saturated carbocycles. The summed E-state index contributed by atoms with van der Waals surface area (Å²) < 4.78 is 13.1. The highest BCUT2D eigenvalue weighted by molar-refractivity contribution is 7.10. The van der Waals surface area contributed by atoms with Crippen LogP contribution < -0.4 is 10.6 Å². The zero-order valence-electron chi connectivity index (χ0n) is 12.0. The minimum atomic E-state index is -0.251. The predicted octanol–water partition coefficient (Wildman–Crippen LogP) is 3.54. The van der Waals surface area contributed by atoms with Crippen LogP contribution in [0, 0.1) is 12.1 Å². The summed E-state index contributed by atoms with van der Waals surface area (Å²) in [7, 11) is 0. The molecule has 22 heavy (non-hydrogen) atoms. The minimum absolute atomic E-state index is 0. The first-order valence-corrected chi connectivity index (χ1v) is 7.31. The van der Waals surface area contributed by atoms with Crippen LogP contribution in [0.5, 0.6) is 0 Å². The fourth-order valence-corrected chi connectivity index (χ4v) is 2.67. The second-order valence-corrected chi connectivity index (χ2v) is 5.52. The van der Waals surface area contributed by atoms with E-state index >= 15 is 0 Å². The summed E-state index contributed by atoms with van der Waals surface area (Å²) in [5, 5.41) is 5.44. The van der Waals surface area contributed by atoms with Gasteiger partial charge in [0, 0.05) is 11.8 Å². The number of nitrogens with zero attached hydrogens (tertiary/aromatic N) is 3. The maximum absolute atomic E-state index is 13.1. The van der Waals surface area contributed by atoms with Gasteiger partial charge in [-0.3, -0.25) is 10.1 Å². The van der Waals surface area contributed by atoms with Crippen LogP contribution in [0.15, 0.2) is 12.1 Å². The summed E-state index contributed by atoms with van der Waals surface area (Å²) in [5.74, 6) is 0.791. The Morgan fingerprint density at radius 3 is 2.55 bits per heavy atom. The number of nitrogens with one attached hydrogen (secondary N) is 2. The van der Waals surface area contributed by atoms with Crippen molar-refractivity contribution in [3.63, 3.8) is 0 Å². The summed E-state index contributed by atoms with van der Waals surface area (Å²) in [6.45, 7) is 5.08. The lowest BCUT2D eigenvalue weighted by molar-refractivity contribution is -0.114. The molecular formula is C14H20FN5OS. The fourth-order valence-electron chi connectivity index (χ4n) is 1.81. The monoisotopic (exact) mass is 325 g/mol. The van der Waals surface area contributed by atoms with E-state index in [1.165, 1.54) is 13.0 Å². The van der Waals surface area contributed by atoms with Crippen molar-refractivity contribution in [1.82, 2.24) is 15.0 Å². The summed E-state index contributed by atoms with van der Waals surface area (Å²) in [6, 6.07) is 3.09. The van der Waals surface area contributed by atoms with Crippen molar-refractivity contribution >= 4 is 29.1 Å². The number of carbonyl (C=O) groups excluding carboxylic acids is 1. The Labute approximate surface area is 133 Å². The maximum atomic E-state index is 13.1. The lowest BCUT2D eigenvalue weighted by Gasteiger charge is -2.15.